The molecule has 104 valence electrons. The van der Waals surface area contributed by atoms with Gasteiger partial charge in [-0.1, -0.05) is 78.9 Å². The lowest BCUT2D eigenvalue weighted by molar-refractivity contribution is -0.110. The molecule has 1 N–H and O–H groups in total. The monoisotopic (exact) mass is 276 g/mol. The van der Waals surface area contributed by atoms with E-state index >= 15 is 0 Å². The van der Waals surface area contributed by atoms with Gasteiger partial charge in [0, 0.05) is 11.6 Å². The fraction of sp³-hybridized carbons (Fsp3) is 0. The summed E-state index contributed by atoms with van der Waals surface area (Å²) in [5.74, 6) is -0.286. The largest absolute Gasteiger partial charge is 0.507 e. The number of rotatable bonds is 5. The highest BCUT2D eigenvalue weighted by Gasteiger charge is 1.99. The van der Waals surface area contributed by atoms with Crippen molar-refractivity contribution in [3.63, 3.8) is 0 Å². The summed E-state index contributed by atoms with van der Waals surface area (Å²) >= 11 is 0. The van der Waals surface area contributed by atoms with E-state index in [4.69, 9.17) is 0 Å². The van der Waals surface area contributed by atoms with Crippen LogP contribution in [0.2, 0.25) is 0 Å². The molecule has 2 aromatic rings. The van der Waals surface area contributed by atoms with Crippen LogP contribution in [0.15, 0.2) is 85.0 Å². The zero-order valence-corrected chi connectivity index (χ0v) is 11.5. The van der Waals surface area contributed by atoms with Crippen molar-refractivity contribution >= 4 is 17.6 Å². The SMILES string of the molecule is O=C(/C=C(\O)c1ccccc1)/C=C/C=C/c1ccccc1. The molecular weight excluding hydrogens is 260 g/mol. The van der Waals surface area contributed by atoms with Gasteiger partial charge in [0.2, 0.25) is 0 Å². The standard InChI is InChI=1S/C19H16O2/c20-18(15-19(21)17-12-5-2-6-13-17)14-8-7-11-16-9-3-1-4-10-16/h1-15,21H/b11-7+,14-8+,19-15-. The van der Waals surface area contributed by atoms with Crippen molar-refractivity contribution in [3.05, 3.63) is 96.1 Å². The lowest BCUT2D eigenvalue weighted by atomic mass is 10.1. The molecule has 2 nitrogen and oxygen atoms in total. The number of allylic oxidation sites excluding steroid dienone is 4. The minimum atomic E-state index is -0.255. The number of aliphatic hydroxyl groups excluding tert-OH is 1. The van der Waals surface area contributed by atoms with Gasteiger partial charge in [-0.3, -0.25) is 4.79 Å². The Labute approximate surface area is 124 Å². The first-order valence-corrected chi connectivity index (χ1v) is 6.65. The average molecular weight is 276 g/mol. The second kappa shape index (κ2) is 7.65. The third-order valence-corrected chi connectivity index (χ3v) is 2.81. The predicted octanol–water partition coefficient (Wildman–Crippen LogP) is 4.42. The molecule has 0 unspecified atom stereocenters. The highest BCUT2D eigenvalue weighted by molar-refractivity contribution is 6.03. The van der Waals surface area contributed by atoms with E-state index in [-0.39, 0.29) is 11.5 Å². The molecule has 0 aliphatic heterocycles. The molecule has 0 saturated heterocycles. The minimum Gasteiger partial charge on any atom is -0.507 e. The van der Waals surface area contributed by atoms with E-state index in [9.17, 15) is 9.90 Å². The molecule has 0 aliphatic carbocycles. The average Bonchev–Trinajstić information content (AvgIpc) is 2.53. The molecule has 2 rings (SSSR count). The van der Waals surface area contributed by atoms with Crippen molar-refractivity contribution in [2.45, 2.75) is 0 Å². The third kappa shape index (κ3) is 4.96. The molecule has 2 aromatic carbocycles. The summed E-state index contributed by atoms with van der Waals surface area (Å²) in [6, 6.07) is 18.8. The highest BCUT2D eigenvalue weighted by Crippen LogP contribution is 2.10. The first-order chi connectivity index (χ1) is 10.3. The number of carbonyl (C=O) groups is 1. The van der Waals surface area contributed by atoms with Crippen molar-refractivity contribution in [2.75, 3.05) is 0 Å². The van der Waals surface area contributed by atoms with Crippen LogP contribution in [0.5, 0.6) is 0 Å². The van der Waals surface area contributed by atoms with E-state index in [0.717, 1.165) is 5.56 Å². The molecule has 0 heterocycles. The first-order valence-electron chi connectivity index (χ1n) is 6.65. The molecule has 0 bridgehead atoms. The van der Waals surface area contributed by atoms with E-state index < -0.39 is 0 Å². The van der Waals surface area contributed by atoms with Crippen molar-refractivity contribution in [2.24, 2.45) is 0 Å². The van der Waals surface area contributed by atoms with E-state index in [1.54, 1.807) is 24.3 Å². The Kier molecular flexibility index (Phi) is 5.30. The maximum absolute atomic E-state index is 11.7. The predicted molar refractivity (Wildman–Crippen MR) is 86.7 cm³/mol. The van der Waals surface area contributed by atoms with Crippen LogP contribution in [0, 0.1) is 0 Å². The molecule has 0 saturated carbocycles. The topological polar surface area (TPSA) is 37.3 Å². The van der Waals surface area contributed by atoms with Crippen molar-refractivity contribution in [1.82, 2.24) is 0 Å². The fourth-order valence-electron chi connectivity index (χ4n) is 1.76. The molecule has 0 amide bonds. The van der Waals surface area contributed by atoms with Gasteiger partial charge in [0.25, 0.3) is 0 Å². The second-order valence-corrected chi connectivity index (χ2v) is 4.43. The number of aliphatic hydroxyl groups is 1. The van der Waals surface area contributed by atoms with Gasteiger partial charge < -0.3 is 5.11 Å². The Morgan fingerprint density at radius 2 is 1.48 bits per heavy atom. The highest BCUT2D eigenvalue weighted by atomic mass is 16.3. The zero-order chi connectivity index (χ0) is 14.9. The Balaban J connectivity index is 1.95. The molecule has 0 radical (unpaired) electrons. The van der Waals surface area contributed by atoms with Crippen LogP contribution in [0.3, 0.4) is 0 Å². The van der Waals surface area contributed by atoms with E-state index in [1.165, 1.54) is 12.2 Å². The van der Waals surface area contributed by atoms with Gasteiger partial charge in [0.05, 0.1) is 0 Å². The van der Waals surface area contributed by atoms with E-state index in [1.807, 2.05) is 54.6 Å². The molecule has 0 spiro atoms. The number of hydrogen-bond acceptors (Lipinski definition) is 2. The van der Waals surface area contributed by atoms with Gasteiger partial charge in [0.15, 0.2) is 5.78 Å². The smallest absolute Gasteiger partial charge is 0.182 e. The maximum atomic E-state index is 11.7. The van der Waals surface area contributed by atoms with Gasteiger partial charge >= 0.3 is 0 Å². The lowest BCUT2D eigenvalue weighted by Gasteiger charge is -1.97. The summed E-state index contributed by atoms with van der Waals surface area (Å²) in [5, 5.41) is 9.81. The lowest BCUT2D eigenvalue weighted by Crippen LogP contribution is -1.90. The van der Waals surface area contributed by atoms with E-state index in [0.29, 0.717) is 5.56 Å². The molecule has 2 heteroatoms. The van der Waals surface area contributed by atoms with Crippen molar-refractivity contribution in [1.29, 1.82) is 0 Å². The van der Waals surface area contributed by atoms with E-state index in [2.05, 4.69) is 0 Å². The molecule has 21 heavy (non-hydrogen) atoms. The third-order valence-electron chi connectivity index (χ3n) is 2.81. The second-order valence-electron chi connectivity index (χ2n) is 4.43. The Morgan fingerprint density at radius 1 is 0.857 bits per heavy atom. The van der Waals surface area contributed by atoms with Gasteiger partial charge in [0.1, 0.15) is 5.76 Å². The Morgan fingerprint density at radius 3 is 2.14 bits per heavy atom. The number of carbonyl (C=O) groups excluding carboxylic acids is 1. The number of benzene rings is 2. The van der Waals surface area contributed by atoms with Gasteiger partial charge in [-0.25, -0.2) is 0 Å². The fourth-order valence-corrected chi connectivity index (χ4v) is 1.76. The van der Waals surface area contributed by atoms with Crippen molar-refractivity contribution in [3.8, 4) is 0 Å². The van der Waals surface area contributed by atoms with Crippen LogP contribution >= 0.6 is 0 Å². The summed E-state index contributed by atoms with van der Waals surface area (Å²) in [7, 11) is 0. The van der Waals surface area contributed by atoms with Crippen LogP contribution in [0.25, 0.3) is 11.8 Å². The summed E-state index contributed by atoms with van der Waals surface area (Å²) in [5.41, 5.74) is 1.69. The van der Waals surface area contributed by atoms with Gasteiger partial charge in [-0.2, -0.15) is 0 Å². The van der Waals surface area contributed by atoms with Gasteiger partial charge in [-0.05, 0) is 11.6 Å². The summed E-state index contributed by atoms with van der Waals surface area (Å²) in [6.45, 7) is 0. The minimum absolute atomic E-state index is 0.0303. The molecule has 0 aromatic heterocycles. The normalized spacial score (nSPS) is 12.1. The van der Waals surface area contributed by atoms with Crippen LogP contribution in [0.4, 0.5) is 0 Å². The number of ketones is 1. The summed E-state index contributed by atoms with van der Waals surface area (Å²) in [4.78, 5) is 11.7. The van der Waals surface area contributed by atoms with Crippen LogP contribution in [-0.4, -0.2) is 10.9 Å². The maximum Gasteiger partial charge on any atom is 0.182 e. The van der Waals surface area contributed by atoms with Crippen molar-refractivity contribution < 1.29 is 9.90 Å². The Hall–Kier alpha value is -2.87. The molecular formula is C19H16O2. The Bertz CT molecular complexity index is 665. The molecule has 0 aliphatic rings. The quantitative estimate of drug-likeness (QED) is 0.498. The van der Waals surface area contributed by atoms with Gasteiger partial charge in [-0.15, -0.1) is 0 Å². The first kappa shape index (κ1) is 14.5. The summed E-state index contributed by atoms with van der Waals surface area (Å²) in [6.07, 6.45) is 7.98. The van der Waals surface area contributed by atoms with Crippen LogP contribution < -0.4 is 0 Å². The molecule has 0 fully saturated rings. The summed E-state index contributed by atoms with van der Waals surface area (Å²) < 4.78 is 0. The van der Waals surface area contributed by atoms with Crippen LogP contribution in [-0.2, 0) is 4.79 Å². The molecule has 0 atom stereocenters. The van der Waals surface area contributed by atoms with Crippen LogP contribution in [0.1, 0.15) is 11.1 Å². The number of hydrogen-bond donors (Lipinski definition) is 1. The zero-order valence-electron chi connectivity index (χ0n) is 11.5.